The maximum Gasteiger partial charge on any atom is 0.324 e. The number of rotatable bonds is 9. The molecule has 35 heavy (non-hydrogen) atoms. The van der Waals surface area contributed by atoms with Crippen molar-refractivity contribution in [2.24, 2.45) is 5.92 Å². The van der Waals surface area contributed by atoms with Crippen LogP contribution in [0.4, 0.5) is 0 Å². The van der Waals surface area contributed by atoms with E-state index in [4.69, 9.17) is 9.47 Å². The second-order valence-corrected chi connectivity index (χ2v) is 10.6. The number of carbonyl (C=O) groups excluding carboxylic acids is 1. The lowest BCUT2D eigenvalue weighted by atomic mass is 9.88. The maximum absolute atomic E-state index is 13.2. The van der Waals surface area contributed by atoms with Gasteiger partial charge in [0.25, 0.3) is 0 Å². The van der Waals surface area contributed by atoms with Crippen LogP contribution in [-0.4, -0.2) is 33.1 Å². The quantitative estimate of drug-likeness (QED) is 0.332. The van der Waals surface area contributed by atoms with Crippen molar-refractivity contribution in [3.8, 4) is 0 Å². The van der Waals surface area contributed by atoms with Gasteiger partial charge in [-0.2, -0.15) is 4.72 Å². The zero-order valence-electron chi connectivity index (χ0n) is 20.0. The molecule has 0 unspecified atom stereocenters. The van der Waals surface area contributed by atoms with E-state index in [2.05, 4.69) is 23.4 Å². The van der Waals surface area contributed by atoms with Crippen molar-refractivity contribution in [2.45, 2.75) is 49.8 Å². The minimum absolute atomic E-state index is 0.0997. The van der Waals surface area contributed by atoms with Gasteiger partial charge in [0.05, 0.1) is 23.7 Å². The first-order valence-corrected chi connectivity index (χ1v) is 13.3. The van der Waals surface area contributed by atoms with Crippen molar-refractivity contribution in [3.05, 3.63) is 90.5 Å². The summed E-state index contributed by atoms with van der Waals surface area (Å²) in [5.41, 5.74) is 1.93. The Morgan fingerprint density at radius 1 is 1.14 bits per heavy atom. The fraction of sp³-hybridized carbons (Fsp3) is 0.321. The van der Waals surface area contributed by atoms with Crippen LogP contribution in [0.2, 0.25) is 0 Å². The van der Waals surface area contributed by atoms with Crippen LogP contribution in [0.3, 0.4) is 0 Å². The van der Waals surface area contributed by atoms with Crippen molar-refractivity contribution in [3.63, 3.8) is 0 Å². The molecule has 1 saturated heterocycles. The molecular weight excluding hydrogens is 462 g/mol. The zero-order chi connectivity index (χ0) is 25.0. The summed E-state index contributed by atoms with van der Waals surface area (Å²) in [4.78, 5) is 13.1. The number of esters is 1. The number of aryl methyl sites for hydroxylation is 1. The van der Waals surface area contributed by atoms with Crippen molar-refractivity contribution >= 4 is 26.8 Å². The van der Waals surface area contributed by atoms with Gasteiger partial charge in [-0.25, -0.2) is 8.42 Å². The summed E-state index contributed by atoms with van der Waals surface area (Å²) in [6, 6.07) is 19.7. The summed E-state index contributed by atoms with van der Waals surface area (Å²) in [5.74, 6) is -1.03. The van der Waals surface area contributed by atoms with Crippen molar-refractivity contribution in [1.29, 1.82) is 0 Å². The topological polar surface area (TPSA) is 81.7 Å². The molecular formula is C28H31NO5S. The van der Waals surface area contributed by atoms with Crippen LogP contribution in [0.25, 0.3) is 10.8 Å². The number of hydrogen-bond acceptors (Lipinski definition) is 5. The minimum Gasteiger partial charge on any atom is -0.465 e. The smallest absolute Gasteiger partial charge is 0.324 e. The van der Waals surface area contributed by atoms with Gasteiger partial charge in [0, 0.05) is 5.92 Å². The summed E-state index contributed by atoms with van der Waals surface area (Å²) >= 11 is 0. The van der Waals surface area contributed by atoms with E-state index in [1.807, 2.05) is 37.3 Å². The van der Waals surface area contributed by atoms with Crippen LogP contribution in [0.5, 0.6) is 0 Å². The lowest BCUT2D eigenvalue weighted by Gasteiger charge is -2.26. The molecule has 4 rings (SSSR count). The number of benzene rings is 3. The average molecular weight is 494 g/mol. The molecule has 3 aromatic carbocycles. The van der Waals surface area contributed by atoms with Crippen LogP contribution in [0.15, 0.2) is 84.3 Å². The molecule has 0 amide bonds. The molecule has 1 N–H and O–H groups in total. The van der Waals surface area contributed by atoms with Crippen LogP contribution in [-0.2, 0) is 24.3 Å². The van der Waals surface area contributed by atoms with E-state index in [1.54, 1.807) is 25.1 Å². The van der Waals surface area contributed by atoms with E-state index >= 15 is 0 Å². The Kier molecular flexibility index (Phi) is 7.69. The highest BCUT2D eigenvalue weighted by molar-refractivity contribution is 7.89. The zero-order valence-corrected chi connectivity index (χ0v) is 20.8. The van der Waals surface area contributed by atoms with E-state index in [0.717, 1.165) is 21.9 Å². The lowest BCUT2D eigenvalue weighted by Crippen LogP contribution is -2.49. The molecule has 184 valence electrons. The standard InChI is InChI=1S/C28H31NO5S/c1-4-8-25-24(18-26(34-25)22-14-13-20-9-6-7-10-21(20)17-22)27(28(30)33-5-2)29-35(31,32)23-15-11-19(3)12-16-23/h4,6-7,9-17,24-27,29H,1,5,8,18H2,2-3H3/t24-,25+,26+,27+/m0/s1. The average Bonchev–Trinajstić information content (AvgIpc) is 3.26. The SMILES string of the molecule is C=CC[C@H]1O[C@@H](c2ccc3ccccc3c2)C[C@@H]1[C@@H](NS(=O)(=O)c1ccc(C)cc1)C(=O)OCC. The predicted octanol–water partition coefficient (Wildman–Crippen LogP) is 5.08. The van der Waals surface area contributed by atoms with Gasteiger partial charge in [0.2, 0.25) is 10.0 Å². The van der Waals surface area contributed by atoms with Gasteiger partial charge in [0.1, 0.15) is 6.04 Å². The molecule has 1 heterocycles. The van der Waals surface area contributed by atoms with E-state index in [9.17, 15) is 13.2 Å². The van der Waals surface area contributed by atoms with Crippen LogP contribution in [0.1, 0.15) is 37.0 Å². The van der Waals surface area contributed by atoms with Gasteiger partial charge in [-0.15, -0.1) is 6.58 Å². The third-order valence-electron chi connectivity index (χ3n) is 6.43. The fourth-order valence-electron chi connectivity index (χ4n) is 4.63. The molecule has 0 spiro atoms. The van der Waals surface area contributed by atoms with Gasteiger partial charge in [-0.3, -0.25) is 4.79 Å². The normalized spacial score (nSPS) is 21.0. The van der Waals surface area contributed by atoms with Gasteiger partial charge in [0.15, 0.2) is 0 Å². The first-order chi connectivity index (χ1) is 16.8. The second kappa shape index (κ2) is 10.7. The molecule has 0 aliphatic carbocycles. The van der Waals surface area contributed by atoms with E-state index in [0.29, 0.717) is 12.8 Å². The van der Waals surface area contributed by atoms with Gasteiger partial charge in [-0.1, -0.05) is 60.2 Å². The van der Waals surface area contributed by atoms with Gasteiger partial charge >= 0.3 is 5.97 Å². The summed E-state index contributed by atoms with van der Waals surface area (Å²) < 4.78 is 40.7. The van der Waals surface area contributed by atoms with Crippen LogP contribution < -0.4 is 4.72 Å². The number of sulfonamides is 1. The summed E-state index contributed by atoms with van der Waals surface area (Å²) in [6.07, 6.45) is 2.01. The molecule has 1 aliphatic heterocycles. The second-order valence-electron chi connectivity index (χ2n) is 8.86. The lowest BCUT2D eigenvalue weighted by molar-refractivity contribution is -0.147. The molecule has 0 radical (unpaired) electrons. The van der Waals surface area contributed by atoms with E-state index < -0.39 is 28.0 Å². The van der Waals surface area contributed by atoms with Gasteiger partial charge < -0.3 is 9.47 Å². The summed E-state index contributed by atoms with van der Waals surface area (Å²) in [7, 11) is -3.96. The van der Waals surface area contributed by atoms with Crippen molar-refractivity contribution in [2.75, 3.05) is 6.61 Å². The number of carbonyl (C=O) groups is 1. The third-order valence-corrected chi connectivity index (χ3v) is 7.89. The predicted molar refractivity (Wildman–Crippen MR) is 136 cm³/mol. The highest BCUT2D eigenvalue weighted by Gasteiger charge is 2.45. The first-order valence-electron chi connectivity index (χ1n) is 11.8. The molecule has 6 nitrogen and oxygen atoms in total. The number of ether oxygens (including phenoxy) is 2. The Labute approximate surface area is 207 Å². The largest absolute Gasteiger partial charge is 0.465 e. The molecule has 0 aromatic heterocycles. The third kappa shape index (κ3) is 5.64. The summed E-state index contributed by atoms with van der Waals surface area (Å²) in [6.45, 7) is 7.57. The fourth-order valence-corrected chi connectivity index (χ4v) is 5.87. The molecule has 4 atom stereocenters. The Morgan fingerprint density at radius 2 is 1.86 bits per heavy atom. The molecule has 0 bridgehead atoms. The highest BCUT2D eigenvalue weighted by atomic mass is 32.2. The number of nitrogens with one attached hydrogen (secondary N) is 1. The number of fused-ring (bicyclic) bond motifs is 1. The van der Waals surface area contributed by atoms with Gasteiger partial charge in [-0.05, 0) is 61.2 Å². The monoisotopic (exact) mass is 493 g/mol. The molecule has 1 fully saturated rings. The highest BCUT2D eigenvalue weighted by Crippen LogP contribution is 2.41. The Morgan fingerprint density at radius 3 is 2.54 bits per heavy atom. The Bertz CT molecular complexity index is 1300. The first kappa shape index (κ1) is 25.1. The maximum atomic E-state index is 13.2. The van der Waals surface area contributed by atoms with Crippen LogP contribution in [0, 0.1) is 12.8 Å². The molecule has 0 saturated carbocycles. The molecule has 3 aromatic rings. The Balaban J connectivity index is 1.65. The molecule has 7 heteroatoms. The minimum atomic E-state index is -3.96. The molecule has 1 aliphatic rings. The summed E-state index contributed by atoms with van der Waals surface area (Å²) in [5, 5.41) is 2.23. The number of hydrogen-bond donors (Lipinski definition) is 1. The van der Waals surface area contributed by atoms with E-state index in [-0.39, 0.29) is 23.7 Å². The van der Waals surface area contributed by atoms with Crippen molar-refractivity contribution < 1.29 is 22.7 Å². The van der Waals surface area contributed by atoms with Crippen LogP contribution >= 0.6 is 0 Å². The van der Waals surface area contributed by atoms with E-state index in [1.165, 1.54) is 12.1 Å². The van der Waals surface area contributed by atoms with Crippen molar-refractivity contribution in [1.82, 2.24) is 4.72 Å². The Hall–Kier alpha value is -3.00.